The second-order valence-electron chi connectivity index (χ2n) is 7.49. The molecule has 1 heterocycles. The molecule has 0 saturated heterocycles. The van der Waals surface area contributed by atoms with Crippen LogP contribution >= 0.6 is 0 Å². The molecule has 0 bridgehead atoms. The number of carbonyl (C=O) groups is 2. The first-order valence-electron chi connectivity index (χ1n) is 9.86. The standard InChI is InChI=1S/C23H24F2N2O4/c1-14(2)13-31-17-7-4-15(5-8-17)20-21(23(29)27(22(20)28)10-11-30-3)26-16-6-9-18(24)19(25)12-16/h4-9,12,14,26H,10-11,13H2,1-3H3. The van der Waals surface area contributed by atoms with E-state index in [4.69, 9.17) is 9.47 Å². The van der Waals surface area contributed by atoms with Crippen LogP contribution in [-0.4, -0.2) is 43.6 Å². The summed E-state index contributed by atoms with van der Waals surface area (Å²) in [6.45, 7) is 4.86. The van der Waals surface area contributed by atoms with Crippen LogP contribution < -0.4 is 10.1 Å². The maximum absolute atomic E-state index is 13.6. The van der Waals surface area contributed by atoms with Crippen molar-refractivity contribution in [2.45, 2.75) is 13.8 Å². The second-order valence-corrected chi connectivity index (χ2v) is 7.49. The highest BCUT2D eigenvalue weighted by molar-refractivity contribution is 6.36. The van der Waals surface area contributed by atoms with Crippen LogP contribution in [0.4, 0.5) is 14.5 Å². The van der Waals surface area contributed by atoms with Crippen molar-refractivity contribution >= 4 is 23.1 Å². The van der Waals surface area contributed by atoms with Crippen LogP contribution in [0.25, 0.3) is 5.57 Å². The Hall–Kier alpha value is -3.26. The van der Waals surface area contributed by atoms with Gasteiger partial charge >= 0.3 is 0 Å². The van der Waals surface area contributed by atoms with Crippen LogP contribution in [0.3, 0.4) is 0 Å². The number of ether oxygens (including phenoxy) is 2. The molecule has 0 aliphatic carbocycles. The second kappa shape index (κ2) is 9.70. The van der Waals surface area contributed by atoms with Crippen LogP contribution in [-0.2, 0) is 14.3 Å². The number of methoxy groups -OCH3 is 1. The molecule has 0 saturated carbocycles. The van der Waals surface area contributed by atoms with Gasteiger partial charge in [-0.15, -0.1) is 0 Å². The first kappa shape index (κ1) is 22.4. The van der Waals surface area contributed by atoms with Crippen molar-refractivity contribution < 1.29 is 27.8 Å². The van der Waals surface area contributed by atoms with Gasteiger partial charge in [-0.1, -0.05) is 26.0 Å². The van der Waals surface area contributed by atoms with Crippen molar-refractivity contribution in [3.63, 3.8) is 0 Å². The summed E-state index contributed by atoms with van der Waals surface area (Å²) in [4.78, 5) is 27.0. The van der Waals surface area contributed by atoms with Crippen LogP contribution in [0.1, 0.15) is 19.4 Å². The Balaban J connectivity index is 1.96. The molecule has 0 unspecified atom stereocenters. The lowest BCUT2D eigenvalue weighted by molar-refractivity contribution is -0.137. The molecule has 0 spiro atoms. The van der Waals surface area contributed by atoms with Crippen LogP contribution in [0.15, 0.2) is 48.2 Å². The van der Waals surface area contributed by atoms with Gasteiger partial charge in [-0.3, -0.25) is 14.5 Å². The molecule has 31 heavy (non-hydrogen) atoms. The average molecular weight is 430 g/mol. The van der Waals surface area contributed by atoms with Gasteiger partial charge in [0.1, 0.15) is 11.4 Å². The van der Waals surface area contributed by atoms with Gasteiger partial charge in [-0.25, -0.2) is 8.78 Å². The quantitative estimate of drug-likeness (QED) is 0.613. The largest absolute Gasteiger partial charge is 0.493 e. The molecule has 2 aromatic carbocycles. The van der Waals surface area contributed by atoms with Crippen molar-refractivity contribution in [1.29, 1.82) is 0 Å². The summed E-state index contributed by atoms with van der Waals surface area (Å²) >= 11 is 0. The molecule has 164 valence electrons. The number of imide groups is 1. The Bertz CT molecular complexity index is 1000. The van der Waals surface area contributed by atoms with Crippen molar-refractivity contribution in [3.8, 4) is 5.75 Å². The highest BCUT2D eigenvalue weighted by atomic mass is 19.2. The van der Waals surface area contributed by atoms with Crippen LogP contribution in [0, 0.1) is 17.6 Å². The van der Waals surface area contributed by atoms with Gasteiger partial charge in [0.15, 0.2) is 11.6 Å². The molecule has 3 rings (SSSR count). The lowest BCUT2D eigenvalue weighted by Crippen LogP contribution is -2.35. The Morgan fingerprint density at radius 1 is 1.00 bits per heavy atom. The first-order valence-corrected chi connectivity index (χ1v) is 9.86. The Kier molecular flexibility index (Phi) is 7.02. The van der Waals surface area contributed by atoms with E-state index in [1.807, 2.05) is 13.8 Å². The minimum Gasteiger partial charge on any atom is -0.493 e. The topological polar surface area (TPSA) is 67.9 Å². The van der Waals surface area contributed by atoms with Gasteiger partial charge in [0.2, 0.25) is 0 Å². The molecule has 1 N–H and O–H groups in total. The minimum atomic E-state index is -1.06. The Morgan fingerprint density at radius 3 is 2.32 bits per heavy atom. The molecule has 1 aliphatic heterocycles. The molecular weight excluding hydrogens is 406 g/mol. The van der Waals surface area contributed by atoms with Gasteiger partial charge in [0.05, 0.1) is 25.3 Å². The maximum Gasteiger partial charge on any atom is 0.278 e. The summed E-state index contributed by atoms with van der Waals surface area (Å²) in [6.07, 6.45) is 0. The number of amides is 2. The third-order valence-electron chi connectivity index (χ3n) is 4.60. The van der Waals surface area contributed by atoms with E-state index in [2.05, 4.69) is 5.32 Å². The molecular formula is C23H24F2N2O4. The zero-order chi connectivity index (χ0) is 22.5. The van der Waals surface area contributed by atoms with E-state index in [1.54, 1.807) is 24.3 Å². The molecule has 0 atom stereocenters. The van der Waals surface area contributed by atoms with E-state index in [9.17, 15) is 18.4 Å². The monoisotopic (exact) mass is 430 g/mol. The smallest absolute Gasteiger partial charge is 0.278 e. The number of carbonyl (C=O) groups excluding carboxylic acids is 2. The number of benzene rings is 2. The molecule has 8 heteroatoms. The van der Waals surface area contributed by atoms with E-state index in [0.29, 0.717) is 23.8 Å². The summed E-state index contributed by atoms with van der Waals surface area (Å²) < 4.78 is 37.6. The predicted octanol–water partition coefficient (Wildman–Crippen LogP) is 3.84. The highest BCUT2D eigenvalue weighted by Gasteiger charge is 2.39. The van der Waals surface area contributed by atoms with Crippen molar-refractivity contribution in [2.24, 2.45) is 5.92 Å². The summed E-state index contributed by atoms with van der Waals surface area (Å²) in [6, 6.07) is 9.97. The van der Waals surface area contributed by atoms with Crippen molar-refractivity contribution in [2.75, 3.05) is 32.2 Å². The number of halogens is 2. The third-order valence-corrected chi connectivity index (χ3v) is 4.60. The maximum atomic E-state index is 13.6. The van der Waals surface area contributed by atoms with E-state index < -0.39 is 23.4 Å². The van der Waals surface area contributed by atoms with Gasteiger partial charge in [-0.2, -0.15) is 0 Å². The van der Waals surface area contributed by atoms with E-state index in [-0.39, 0.29) is 30.1 Å². The molecule has 2 amide bonds. The van der Waals surface area contributed by atoms with E-state index in [1.165, 1.54) is 13.2 Å². The zero-order valence-corrected chi connectivity index (χ0v) is 17.6. The van der Waals surface area contributed by atoms with Crippen LogP contribution in [0.2, 0.25) is 0 Å². The van der Waals surface area contributed by atoms with Crippen molar-refractivity contribution in [1.82, 2.24) is 4.90 Å². The Labute approximate surface area is 179 Å². The number of nitrogens with one attached hydrogen (secondary N) is 1. The fraction of sp³-hybridized carbons (Fsp3) is 0.304. The lowest BCUT2D eigenvalue weighted by Gasteiger charge is -2.14. The summed E-state index contributed by atoms with van der Waals surface area (Å²) in [5, 5.41) is 2.79. The lowest BCUT2D eigenvalue weighted by atomic mass is 10.0. The molecule has 0 fully saturated rings. The number of rotatable bonds is 9. The highest BCUT2D eigenvalue weighted by Crippen LogP contribution is 2.31. The number of hydrogen-bond donors (Lipinski definition) is 1. The number of anilines is 1. The molecule has 6 nitrogen and oxygen atoms in total. The van der Waals surface area contributed by atoms with Crippen molar-refractivity contribution in [3.05, 3.63) is 65.4 Å². The fourth-order valence-corrected chi connectivity index (χ4v) is 3.04. The Morgan fingerprint density at radius 2 is 1.71 bits per heavy atom. The molecule has 2 aromatic rings. The van der Waals surface area contributed by atoms with Gasteiger partial charge < -0.3 is 14.8 Å². The zero-order valence-electron chi connectivity index (χ0n) is 17.6. The first-order chi connectivity index (χ1) is 14.8. The fourth-order valence-electron chi connectivity index (χ4n) is 3.04. The minimum absolute atomic E-state index is 0.0111. The summed E-state index contributed by atoms with van der Waals surface area (Å²) in [7, 11) is 1.47. The number of nitrogens with zero attached hydrogens (tertiary/aromatic N) is 1. The number of hydrogen-bond acceptors (Lipinski definition) is 5. The van der Waals surface area contributed by atoms with Gasteiger partial charge in [0.25, 0.3) is 11.8 Å². The molecule has 0 radical (unpaired) electrons. The van der Waals surface area contributed by atoms with Crippen LogP contribution in [0.5, 0.6) is 5.75 Å². The van der Waals surface area contributed by atoms with Gasteiger partial charge in [0, 0.05) is 18.9 Å². The van der Waals surface area contributed by atoms with E-state index in [0.717, 1.165) is 17.0 Å². The third kappa shape index (κ3) is 5.08. The normalized spacial score (nSPS) is 14.1. The average Bonchev–Trinajstić information content (AvgIpc) is 2.97. The SMILES string of the molecule is COCCN1C(=O)C(Nc2ccc(F)c(F)c2)=C(c2ccc(OCC(C)C)cc2)C1=O. The predicted molar refractivity (Wildman–Crippen MR) is 112 cm³/mol. The summed E-state index contributed by atoms with van der Waals surface area (Å²) in [5.41, 5.74) is 0.780. The van der Waals surface area contributed by atoms with Gasteiger partial charge in [-0.05, 0) is 35.7 Å². The van der Waals surface area contributed by atoms with E-state index >= 15 is 0 Å². The molecule has 1 aliphatic rings. The molecule has 0 aromatic heterocycles. The summed E-state index contributed by atoms with van der Waals surface area (Å²) in [5.74, 6) is -2.14.